The van der Waals surface area contributed by atoms with Gasteiger partial charge in [-0.05, 0) is 31.2 Å². The Morgan fingerprint density at radius 3 is 2.45 bits per heavy atom. The second kappa shape index (κ2) is 5.60. The van der Waals surface area contributed by atoms with Crippen molar-refractivity contribution >= 4 is 11.7 Å². The lowest BCUT2D eigenvalue weighted by Crippen LogP contribution is -2.32. The summed E-state index contributed by atoms with van der Waals surface area (Å²) in [4.78, 5) is 6.05. The third-order valence-corrected chi connectivity index (χ3v) is 3.11. The van der Waals surface area contributed by atoms with E-state index in [0.29, 0.717) is 19.7 Å². The number of halogens is 3. The van der Waals surface area contributed by atoms with Crippen LogP contribution in [0.2, 0.25) is 0 Å². The topological polar surface area (TPSA) is 50.9 Å². The predicted molar refractivity (Wildman–Crippen MR) is 70.7 cm³/mol. The number of rotatable bonds is 4. The lowest BCUT2D eigenvalue weighted by molar-refractivity contribution is -0.137. The van der Waals surface area contributed by atoms with Gasteiger partial charge in [-0.2, -0.15) is 13.2 Å². The Balaban J connectivity index is 2.08. The maximum absolute atomic E-state index is 12.5. The molecule has 2 rings (SSSR count). The van der Waals surface area contributed by atoms with Crippen LogP contribution in [0.5, 0.6) is 0 Å². The summed E-state index contributed by atoms with van der Waals surface area (Å²) in [5.41, 5.74) is 5.51. The Bertz CT molecular complexity index is 485. The minimum Gasteiger partial charge on any atom is -0.463 e. The molecule has 0 amide bonds. The molecule has 0 saturated heterocycles. The molecule has 1 aliphatic rings. The van der Waals surface area contributed by atoms with Gasteiger partial charge in [0.05, 0.1) is 5.56 Å². The number of nitrogens with zero attached hydrogens (tertiary/aromatic N) is 2. The molecule has 0 saturated carbocycles. The van der Waals surface area contributed by atoms with E-state index in [1.807, 2.05) is 11.8 Å². The summed E-state index contributed by atoms with van der Waals surface area (Å²) in [7, 11) is 0. The predicted octanol–water partition coefficient (Wildman–Crippen LogP) is 2.25. The Kier molecular flexibility index (Phi) is 4.06. The quantitative estimate of drug-likeness (QED) is 0.924. The molecule has 0 fully saturated rings. The molecule has 20 heavy (non-hydrogen) atoms. The van der Waals surface area contributed by atoms with E-state index in [1.165, 1.54) is 12.1 Å². The molecule has 1 atom stereocenters. The summed E-state index contributed by atoms with van der Waals surface area (Å²) in [6.07, 6.45) is -4.31. The number of amidine groups is 1. The highest BCUT2D eigenvalue weighted by atomic mass is 19.4. The molecule has 2 N–H and O–H groups in total. The van der Waals surface area contributed by atoms with Gasteiger partial charge < -0.3 is 15.4 Å². The summed E-state index contributed by atoms with van der Waals surface area (Å²) in [6, 6.07) is 5.18. The molecule has 0 aromatic heterocycles. The Labute approximate surface area is 115 Å². The summed E-state index contributed by atoms with van der Waals surface area (Å²) in [5, 5.41) is 0. The lowest BCUT2D eigenvalue weighted by atomic mass is 10.1. The molecule has 0 radical (unpaired) electrons. The third kappa shape index (κ3) is 3.34. The van der Waals surface area contributed by atoms with E-state index in [0.717, 1.165) is 17.8 Å². The van der Waals surface area contributed by atoms with Gasteiger partial charge in [0, 0.05) is 18.8 Å². The van der Waals surface area contributed by atoms with Crippen LogP contribution < -0.4 is 10.6 Å². The molecular weight excluding hydrogens is 271 g/mol. The van der Waals surface area contributed by atoms with Crippen LogP contribution in [-0.2, 0) is 10.9 Å². The van der Waals surface area contributed by atoms with Crippen molar-refractivity contribution in [3.05, 3.63) is 29.8 Å². The number of aliphatic imine (C=N–C) groups is 1. The molecule has 0 unspecified atom stereocenters. The molecule has 0 bridgehead atoms. The van der Waals surface area contributed by atoms with E-state index in [4.69, 9.17) is 10.5 Å². The first-order valence-corrected chi connectivity index (χ1v) is 6.28. The summed E-state index contributed by atoms with van der Waals surface area (Å²) < 4.78 is 42.6. The molecule has 1 heterocycles. The zero-order valence-electron chi connectivity index (χ0n) is 11.0. The highest BCUT2D eigenvalue weighted by molar-refractivity contribution is 5.73. The number of likely N-dealkylation sites (N-methyl/N-ethyl adjacent to an activating group) is 1. The summed E-state index contributed by atoms with van der Waals surface area (Å²) in [5.74, 6) is 0. The van der Waals surface area contributed by atoms with E-state index in [1.54, 1.807) is 0 Å². The van der Waals surface area contributed by atoms with Crippen LogP contribution in [0.4, 0.5) is 18.9 Å². The molecule has 1 aromatic carbocycles. The van der Waals surface area contributed by atoms with Gasteiger partial charge in [0.2, 0.25) is 0 Å². The van der Waals surface area contributed by atoms with Crippen molar-refractivity contribution < 1.29 is 17.9 Å². The lowest BCUT2D eigenvalue weighted by Gasteiger charge is -2.25. The molecule has 1 aromatic rings. The largest absolute Gasteiger partial charge is 0.463 e. The van der Waals surface area contributed by atoms with Crippen molar-refractivity contribution in [1.29, 1.82) is 0 Å². The second-order valence-corrected chi connectivity index (χ2v) is 4.52. The van der Waals surface area contributed by atoms with Crippen LogP contribution >= 0.6 is 0 Å². The van der Waals surface area contributed by atoms with Crippen molar-refractivity contribution in [2.24, 2.45) is 10.7 Å². The van der Waals surface area contributed by atoms with Gasteiger partial charge >= 0.3 is 6.18 Å². The molecule has 110 valence electrons. The average Bonchev–Trinajstić information content (AvgIpc) is 2.81. The fraction of sp³-hybridized carbons (Fsp3) is 0.462. The van der Waals surface area contributed by atoms with Crippen LogP contribution in [0, 0.1) is 0 Å². The fourth-order valence-electron chi connectivity index (χ4n) is 2.06. The van der Waals surface area contributed by atoms with Gasteiger partial charge in [-0.3, -0.25) is 0 Å². The fourth-order valence-corrected chi connectivity index (χ4v) is 2.06. The number of ether oxygens (including phenoxy) is 1. The average molecular weight is 287 g/mol. The van der Waals surface area contributed by atoms with E-state index < -0.39 is 11.7 Å². The molecule has 7 heteroatoms. The van der Waals surface area contributed by atoms with E-state index in [2.05, 4.69) is 4.99 Å². The van der Waals surface area contributed by atoms with Crippen molar-refractivity contribution in [3.8, 4) is 0 Å². The minimum absolute atomic E-state index is 0.0859. The van der Waals surface area contributed by atoms with Gasteiger partial charge in [0.15, 0.2) is 0 Å². The molecule has 4 nitrogen and oxygen atoms in total. The monoisotopic (exact) mass is 287 g/mol. The van der Waals surface area contributed by atoms with Crippen LogP contribution in [0.3, 0.4) is 0 Å². The maximum Gasteiger partial charge on any atom is 0.416 e. The van der Waals surface area contributed by atoms with Gasteiger partial charge in [-0.25, -0.2) is 4.99 Å². The zero-order chi connectivity index (χ0) is 14.8. The van der Waals surface area contributed by atoms with Crippen LogP contribution in [0.15, 0.2) is 29.3 Å². The highest BCUT2D eigenvalue weighted by Crippen LogP contribution is 2.30. The minimum atomic E-state index is -4.31. The van der Waals surface area contributed by atoms with E-state index >= 15 is 0 Å². The van der Waals surface area contributed by atoms with Gasteiger partial charge in [-0.15, -0.1) is 0 Å². The number of benzene rings is 1. The van der Waals surface area contributed by atoms with Crippen molar-refractivity contribution in [3.63, 3.8) is 0 Å². The summed E-state index contributed by atoms with van der Waals surface area (Å²) in [6.45, 7) is 3.56. The Morgan fingerprint density at radius 1 is 1.35 bits per heavy atom. The van der Waals surface area contributed by atoms with Crippen LogP contribution in [0.25, 0.3) is 0 Å². The number of alkyl halides is 3. The van der Waals surface area contributed by atoms with Crippen molar-refractivity contribution in [2.75, 3.05) is 24.6 Å². The van der Waals surface area contributed by atoms with Crippen molar-refractivity contribution in [2.45, 2.75) is 19.1 Å². The normalized spacial score (nSPS) is 18.6. The van der Waals surface area contributed by atoms with E-state index in [9.17, 15) is 13.2 Å². The number of anilines is 1. The molecule has 0 spiro atoms. The first kappa shape index (κ1) is 14.5. The molecule has 0 aliphatic carbocycles. The number of hydrogen-bond acceptors (Lipinski definition) is 4. The Hall–Kier alpha value is -1.92. The van der Waals surface area contributed by atoms with Gasteiger partial charge in [0.25, 0.3) is 6.02 Å². The van der Waals surface area contributed by atoms with Gasteiger partial charge in [0.1, 0.15) is 12.6 Å². The SMILES string of the molecule is CCN(C[C@H]1COC(N)=N1)c1ccc(C(F)(F)F)cc1. The van der Waals surface area contributed by atoms with Crippen LogP contribution in [0.1, 0.15) is 12.5 Å². The van der Waals surface area contributed by atoms with Gasteiger partial charge in [-0.1, -0.05) is 0 Å². The smallest absolute Gasteiger partial charge is 0.416 e. The van der Waals surface area contributed by atoms with Crippen molar-refractivity contribution in [1.82, 2.24) is 0 Å². The number of nitrogens with two attached hydrogens (primary N) is 1. The maximum atomic E-state index is 12.5. The molecule has 1 aliphatic heterocycles. The summed E-state index contributed by atoms with van der Waals surface area (Å²) >= 11 is 0. The first-order valence-electron chi connectivity index (χ1n) is 6.28. The second-order valence-electron chi connectivity index (χ2n) is 4.52. The third-order valence-electron chi connectivity index (χ3n) is 3.11. The highest BCUT2D eigenvalue weighted by Gasteiger charge is 2.30. The molecular formula is C13H16F3N3O. The van der Waals surface area contributed by atoms with E-state index in [-0.39, 0.29) is 12.1 Å². The number of hydrogen-bond donors (Lipinski definition) is 1. The standard InChI is InChI=1S/C13H16F3N3O/c1-2-19(7-10-8-20-12(17)18-10)11-5-3-9(4-6-11)13(14,15)16/h3-6,10H,2,7-8H2,1H3,(H2,17,18)/t10-/m0/s1. The first-order chi connectivity index (χ1) is 9.40. The Morgan fingerprint density at radius 2 is 2.00 bits per heavy atom. The van der Waals surface area contributed by atoms with Crippen LogP contribution in [-0.4, -0.2) is 31.8 Å². The zero-order valence-corrected chi connectivity index (χ0v) is 11.0.